The molecule has 3 aliphatic rings. The number of pyridine rings is 1. The molecule has 6 nitrogen and oxygen atoms in total. The average Bonchev–Trinajstić information content (AvgIpc) is 3.75. The van der Waals surface area contributed by atoms with Crippen molar-refractivity contribution in [2.75, 3.05) is 6.54 Å². The highest BCUT2D eigenvalue weighted by molar-refractivity contribution is 6.31. The minimum absolute atomic E-state index is 0.00759. The second kappa shape index (κ2) is 9.90. The Hall–Kier alpha value is -2.67. The molecule has 0 bridgehead atoms. The largest absolute Gasteiger partial charge is 0.484 e. The molecule has 37 heavy (non-hydrogen) atoms. The smallest absolute Gasteiger partial charge is 0.329 e. The summed E-state index contributed by atoms with van der Waals surface area (Å²) < 4.78 is 27.1. The number of hydrogen-bond acceptors (Lipinski definition) is 5. The Kier molecular flexibility index (Phi) is 6.94. The number of ether oxygens (including phenoxy) is 2. The summed E-state index contributed by atoms with van der Waals surface area (Å²) in [4.78, 5) is 32.1. The van der Waals surface area contributed by atoms with Crippen LogP contribution < -0.4 is 4.74 Å². The molecule has 2 aromatic rings. The van der Waals surface area contributed by atoms with Gasteiger partial charge in [-0.05, 0) is 95.4 Å². The third kappa shape index (κ3) is 5.77. The number of hydrogen-bond donors (Lipinski definition) is 0. The SMILES string of the molecule is C[C@@H](Oc1cnc(C2CC2)c(Cl)c1)c1cc(F)c(C(=O)N2CCC[C@H]2C(=O)OC(C)(C)C)cc1C1CC1. The highest BCUT2D eigenvalue weighted by Gasteiger charge is 2.39. The van der Waals surface area contributed by atoms with E-state index >= 15 is 4.39 Å². The van der Waals surface area contributed by atoms with Gasteiger partial charge in [0.05, 0.1) is 22.5 Å². The maximum Gasteiger partial charge on any atom is 0.329 e. The van der Waals surface area contributed by atoms with Crippen molar-refractivity contribution in [1.82, 2.24) is 9.88 Å². The van der Waals surface area contributed by atoms with Crippen molar-refractivity contribution in [3.05, 3.63) is 57.6 Å². The van der Waals surface area contributed by atoms with Crippen LogP contribution in [0, 0.1) is 5.82 Å². The van der Waals surface area contributed by atoms with E-state index in [1.54, 1.807) is 39.1 Å². The van der Waals surface area contributed by atoms with Crippen molar-refractivity contribution in [2.45, 2.75) is 95.8 Å². The van der Waals surface area contributed by atoms with Gasteiger partial charge in [-0.15, -0.1) is 0 Å². The molecule has 2 atom stereocenters. The molecule has 3 fully saturated rings. The number of aromatic nitrogens is 1. The van der Waals surface area contributed by atoms with Gasteiger partial charge in [0.15, 0.2) is 0 Å². The van der Waals surface area contributed by atoms with Crippen molar-refractivity contribution < 1.29 is 23.5 Å². The Labute approximate surface area is 222 Å². The molecule has 0 N–H and O–H groups in total. The molecular weight excluding hydrogens is 495 g/mol. The molecule has 5 rings (SSSR count). The van der Waals surface area contributed by atoms with E-state index in [9.17, 15) is 9.59 Å². The molecule has 2 saturated carbocycles. The van der Waals surface area contributed by atoms with Gasteiger partial charge in [0.2, 0.25) is 0 Å². The summed E-state index contributed by atoms with van der Waals surface area (Å²) in [5.41, 5.74) is 1.87. The third-order valence-electron chi connectivity index (χ3n) is 7.17. The number of carbonyl (C=O) groups excluding carboxylic acids is 2. The van der Waals surface area contributed by atoms with E-state index in [2.05, 4.69) is 4.98 Å². The lowest BCUT2D eigenvalue weighted by Gasteiger charge is -2.28. The van der Waals surface area contributed by atoms with E-state index in [4.69, 9.17) is 21.1 Å². The van der Waals surface area contributed by atoms with E-state index < -0.39 is 35.4 Å². The molecule has 1 aromatic heterocycles. The maximum absolute atomic E-state index is 15.5. The fourth-order valence-corrected chi connectivity index (χ4v) is 5.38. The fraction of sp³-hybridized carbons (Fsp3) is 0.552. The Morgan fingerprint density at radius 2 is 1.81 bits per heavy atom. The van der Waals surface area contributed by atoms with Gasteiger partial charge in [-0.25, -0.2) is 9.18 Å². The van der Waals surface area contributed by atoms with E-state index in [-0.39, 0.29) is 11.5 Å². The van der Waals surface area contributed by atoms with Gasteiger partial charge in [-0.2, -0.15) is 0 Å². The zero-order valence-electron chi connectivity index (χ0n) is 21.9. The quantitative estimate of drug-likeness (QED) is 0.373. The molecular formula is C29H34ClFN2O4. The van der Waals surface area contributed by atoms with Gasteiger partial charge < -0.3 is 14.4 Å². The second-order valence-corrected chi connectivity index (χ2v) is 11.9. The van der Waals surface area contributed by atoms with Crippen molar-refractivity contribution in [3.63, 3.8) is 0 Å². The molecule has 2 heterocycles. The summed E-state index contributed by atoms with van der Waals surface area (Å²) in [6.45, 7) is 7.64. The zero-order chi connectivity index (χ0) is 26.5. The number of likely N-dealkylation sites (tertiary alicyclic amines) is 1. The van der Waals surface area contributed by atoms with Crippen molar-refractivity contribution >= 4 is 23.5 Å². The summed E-state index contributed by atoms with van der Waals surface area (Å²) in [5.74, 6) is -0.312. The van der Waals surface area contributed by atoms with E-state index in [0.29, 0.717) is 41.6 Å². The average molecular weight is 529 g/mol. The first-order valence-corrected chi connectivity index (χ1v) is 13.6. The molecule has 0 unspecified atom stereocenters. The summed E-state index contributed by atoms with van der Waals surface area (Å²) in [7, 11) is 0. The topological polar surface area (TPSA) is 68.7 Å². The van der Waals surface area contributed by atoms with Crippen LogP contribution in [0.1, 0.15) is 111 Å². The minimum atomic E-state index is -0.701. The lowest BCUT2D eigenvalue weighted by Crippen LogP contribution is -2.43. The first kappa shape index (κ1) is 26.0. The van der Waals surface area contributed by atoms with Crippen LogP contribution in [0.15, 0.2) is 24.4 Å². The predicted molar refractivity (Wildman–Crippen MR) is 139 cm³/mol. The van der Waals surface area contributed by atoms with Crippen LogP contribution in [0.5, 0.6) is 5.75 Å². The zero-order valence-corrected chi connectivity index (χ0v) is 22.6. The number of amides is 1. The van der Waals surface area contributed by atoms with Crippen LogP contribution in [0.4, 0.5) is 4.39 Å². The van der Waals surface area contributed by atoms with Crippen molar-refractivity contribution in [3.8, 4) is 5.75 Å². The Bertz CT molecular complexity index is 1220. The predicted octanol–water partition coefficient (Wildman–Crippen LogP) is 6.72. The summed E-state index contributed by atoms with van der Waals surface area (Å²) in [5, 5.41) is 0.590. The molecule has 0 spiro atoms. The normalized spacial score (nSPS) is 20.6. The van der Waals surface area contributed by atoms with Crippen LogP contribution in [0.25, 0.3) is 0 Å². The lowest BCUT2D eigenvalue weighted by atomic mass is 9.95. The van der Waals surface area contributed by atoms with Gasteiger partial charge in [0.25, 0.3) is 5.91 Å². The highest BCUT2D eigenvalue weighted by Crippen LogP contribution is 2.45. The molecule has 1 amide bonds. The summed E-state index contributed by atoms with van der Waals surface area (Å²) in [6, 6.07) is 4.15. The van der Waals surface area contributed by atoms with Gasteiger partial charge in [0, 0.05) is 18.5 Å². The first-order chi connectivity index (χ1) is 17.5. The van der Waals surface area contributed by atoms with Crippen LogP contribution in [-0.2, 0) is 9.53 Å². The van der Waals surface area contributed by atoms with Crippen molar-refractivity contribution in [2.24, 2.45) is 0 Å². The molecule has 2 aliphatic carbocycles. The monoisotopic (exact) mass is 528 g/mol. The second-order valence-electron chi connectivity index (χ2n) is 11.5. The standard InChI is InChI=1S/C29H34ClFN2O4/c1-16(36-19-12-23(30)26(32-15-19)18-9-10-18)20-14-24(31)22(13-21(20)17-7-8-17)27(34)33-11-5-6-25(33)28(35)37-29(2,3)4/h12-18,25H,5-11H2,1-4H3/t16-,25+/m1/s1. The molecule has 1 aromatic carbocycles. The van der Waals surface area contributed by atoms with Gasteiger partial charge in [0.1, 0.15) is 29.3 Å². The van der Waals surface area contributed by atoms with E-state index in [1.165, 1.54) is 11.0 Å². The Morgan fingerprint density at radius 3 is 2.43 bits per heavy atom. The van der Waals surface area contributed by atoms with Crippen LogP contribution in [0.2, 0.25) is 5.02 Å². The minimum Gasteiger partial charge on any atom is -0.484 e. The number of benzene rings is 1. The maximum atomic E-state index is 15.5. The molecule has 198 valence electrons. The van der Waals surface area contributed by atoms with E-state index in [1.807, 2.05) is 6.92 Å². The Balaban J connectivity index is 1.38. The van der Waals surface area contributed by atoms with Gasteiger partial charge >= 0.3 is 5.97 Å². The number of rotatable bonds is 7. The third-order valence-corrected chi connectivity index (χ3v) is 7.47. The summed E-state index contributed by atoms with van der Waals surface area (Å²) in [6.07, 6.45) is 6.57. The molecule has 0 radical (unpaired) electrons. The number of nitrogens with zero attached hydrogens (tertiary/aromatic N) is 2. The number of carbonyl (C=O) groups is 2. The first-order valence-electron chi connectivity index (χ1n) is 13.2. The number of halogens is 2. The fourth-order valence-electron chi connectivity index (χ4n) is 5.07. The lowest BCUT2D eigenvalue weighted by molar-refractivity contribution is -0.159. The molecule has 1 saturated heterocycles. The van der Waals surface area contributed by atoms with E-state index in [0.717, 1.165) is 36.9 Å². The number of esters is 1. The van der Waals surface area contributed by atoms with Gasteiger partial charge in [-0.3, -0.25) is 9.78 Å². The molecule has 8 heteroatoms. The summed E-state index contributed by atoms with van der Waals surface area (Å²) >= 11 is 6.42. The molecule has 1 aliphatic heterocycles. The van der Waals surface area contributed by atoms with Crippen LogP contribution in [-0.4, -0.2) is 39.9 Å². The van der Waals surface area contributed by atoms with Crippen LogP contribution in [0.3, 0.4) is 0 Å². The Morgan fingerprint density at radius 1 is 1.11 bits per heavy atom. The van der Waals surface area contributed by atoms with Gasteiger partial charge in [-0.1, -0.05) is 11.6 Å². The van der Waals surface area contributed by atoms with Crippen molar-refractivity contribution in [1.29, 1.82) is 0 Å². The van der Waals surface area contributed by atoms with Crippen LogP contribution >= 0.6 is 11.6 Å². The highest BCUT2D eigenvalue weighted by atomic mass is 35.5.